The van der Waals surface area contributed by atoms with Gasteiger partial charge in [0.1, 0.15) is 11.6 Å². The Kier molecular flexibility index (Phi) is 4.59. The molecule has 0 bridgehead atoms. The van der Waals surface area contributed by atoms with E-state index in [1.54, 1.807) is 7.11 Å². The summed E-state index contributed by atoms with van der Waals surface area (Å²) in [5.74, 6) is -0.829. The van der Waals surface area contributed by atoms with Gasteiger partial charge < -0.3 is 14.6 Å². The number of ether oxygens (including phenoxy) is 1. The molecule has 1 heterocycles. The van der Waals surface area contributed by atoms with Crippen molar-refractivity contribution in [2.24, 2.45) is 0 Å². The lowest BCUT2D eigenvalue weighted by Crippen LogP contribution is -2.18. The van der Waals surface area contributed by atoms with Crippen LogP contribution in [0.15, 0.2) is 28.9 Å². The fraction of sp³-hybridized carbons (Fsp3) is 0.308. The van der Waals surface area contributed by atoms with Crippen LogP contribution in [0.1, 0.15) is 5.56 Å². The number of hydrogen-bond acceptors (Lipinski definition) is 4. The Morgan fingerprint density at radius 1 is 1.37 bits per heavy atom. The number of aromatic nitrogens is 1. The molecule has 0 aliphatic rings. The third-order valence-electron chi connectivity index (χ3n) is 2.62. The zero-order chi connectivity index (χ0) is 13.7. The van der Waals surface area contributed by atoms with Gasteiger partial charge >= 0.3 is 0 Å². The van der Waals surface area contributed by atoms with Gasteiger partial charge in [0.2, 0.25) is 0 Å². The molecule has 0 aliphatic heterocycles. The van der Waals surface area contributed by atoms with Crippen molar-refractivity contribution in [1.82, 2.24) is 10.5 Å². The van der Waals surface area contributed by atoms with Crippen molar-refractivity contribution >= 4 is 0 Å². The normalized spacial score (nSPS) is 10.9. The van der Waals surface area contributed by atoms with Gasteiger partial charge in [0.05, 0.1) is 18.4 Å². The zero-order valence-corrected chi connectivity index (χ0v) is 10.5. The van der Waals surface area contributed by atoms with E-state index in [4.69, 9.17) is 9.26 Å². The lowest BCUT2D eigenvalue weighted by atomic mass is 10.1. The molecule has 102 valence electrons. The zero-order valence-electron chi connectivity index (χ0n) is 10.5. The van der Waals surface area contributed by atoms with Gasteiger partial charge in [-0.2, -0.15) is 0 Å². The van der Waals surface area contributed by atoms with Gasteiger partial charge in [-0.3, -0.25) is 0 Å². The molecule has 0 spiro atoms. The fourth-order valence-corrected chi connectivity index (χ4v) is 1.68. The molecule has 0 amide bonds. The Morgan fingerprint density at radius 3 is 3.00 bits per heavy atom. The van der Waals surface area contributed by atoms with Crippen molar-refractivity contribution in [2.45, 2.75) is 6.54 Å². The first-order chi connectivity index (χ1) is 9.22. The standard InChI is InChI=1S/C13H14F2N2O2/c1-18-5-4-16-7-9-8-17-19-13(9)11-6-10(14)2-3-12(11)15/h2-3,6,8,16H,4-5,7H2,1H3. The van der Waals surface area contributed by atoms with Gasteiger partial charge in [-0.15, -0.1) is 0 Å². The summed E-state index contributed by atoms with van der Waals surface area (Å²) in [7, 11) is 1.61. The van der Waals surface area contributed by atoms with Crippen LogP contribution in [-0.2, 0) is 11.3 Å². The van der Waals surface area contributed by atoms with Crippen LogP contribution in [0.25, 0.3) is 11.3 Å². The van der Waals surface area contributed by atoms with Crippen molar-refractivity contribution in [1.29, 1.82) is 0 Å². The molecule has 2 aromatic rings. The number of benzene rings is 1. The Morgan fingerprint density at radius 2 is 2.21 bits per heavy atom. The SMILES string of the molecule is COCCNCc1cnoc1-c1cc(F)ccc1F. The first-order valence-corrected chi connectivity index (χ1v) is 5.81. The summed E-state index contributed by atoms with van der Waals surface area (Å²) in [6.07, 6.45) is 1.49. The van der Waals surface area contributed by atoms with Gasteiger partial charge in [-0.05, 0) is 18.2 Å². The summed E-state index contributed by atoms with van der Waals surface area (Å²) in [6.45, 7) is 1.65. The molecule has 0 saturated carbocycles. The minimum Gasteiger partial charge on any atom is -0.383 e. The first-order valence-electron chi connectivity index (χ1n) is 5.81. The third kappa shape index (κ3) is 3.36. The Hall–Kier alpha value is -1.79. The van der Waals surface area contributed by atoms with E-state index in [2.05, 4.69) is 10.5 Å². The quantitative estimate of drug-likeness (QED) is 0.817. The fourth-order valence-electron chi connectivity index (χ4n) is 1.68. The molecule has 1 N–H and O–H groups in total. The highest BCUT2D eigenvalue weighted by atomic mass is 19.1. The molecule has 6 heteroatoms. The highest BCUT2D eigenvalue weighted by molar-refractivity contribution is 5.61. The predicted molar refractivity (Wildman–Crippen MR) is 65.4 cm³/mol. The lowest BCUT2D eigenvalue weighted by molar-refractivity contribution is 0.199. The molecule has 1 aromatic carbocycles. The lowest BCUT2D eigenvalue weighted by Gasteiger charge is -2.04. The number of nitrogens with one attached hydrogen (secondary N) is 1. The maximum Gasteiger partial charge on any atom is 0.174 e. The van der Waals surface area contributed by atoms with Gasteiger partial charge in [-0.1, -0.05) is 5.16 Å². The summed E-state index contributed by atoms with van der Waals surface area (Å²) in [5.41, 5.74) is 0.738. The summed E-state index contributed by atoms with van der Waals surface area (Å²) >= 11 is 0. The molecule has 0 atom stereocenters. The summed E-state index contributed by atoms with van der Waals surface area (Å²) in [5, 5.41) is 6.72. The molecule has 0 unspecified atom stereocenters. The van der Waals surface area contributed by atoms with E-state index in [1.807, 2.05) is 0 Å². The van der Waals surface area contributed by atoms with Crippen molar-refractivity contribution in [2.75, 3.05) is 20.3 Å². The number of nitrogens with zero attached hydrogens (tertiary/aromatic N) is 1. The van der Waals surface area contributed by atoms with Crippen LogP contribution in [0.5, 0.6) is 0 Å². The maximum absolute atomic E-state index is 13.7. The first kappa shape index (κ1) is 13.6. The van der Waals surface area contributed by atoms with Crippen LogP contribution < -0.4 is 5.32 Å². The van der Waals surface area contributed by atoms with Gasteiger partial charge in [0.25, 0.3) is 0 Å². The number of rotatable bonds is 6. The summed E-state index contributed by atoms with van der Waals surface area (Å²) < 4.78 is 36.7. The van der Waals surface area contributed by atoms with E-state index in [0.29, 0.717) is 25.3 Å². The van der Waals surface area contributed by atoms with E-state index in [-0.39, 0.29) is 11.3 Å². The molecule has 0 radical (unpaired) electrons. The summed E-state index contributed by atoms with van der Waals surface area (Å²) in [6, 6.07) is 3.22. The van der Waals surface area contributed by atoms with E-state index >= 15 is 0 Å². The van der Waals surface area contributed by atoms with E-state index < -0.39 is 11.6 Å². The van der Waals surface area contributed by atoms with Crippen LogP contribution in [0.2, 0.25) is 0 Å². The number of methoxy groups -OCH3 is 1. The Labute approximate surface area is 109 Å². The van der Waals surface area contributed by atoms with Gasteiger partial charge in [0, 0.05) is 25.8 Å². The van der Waals surface area contributed by atoms with Crippen molar-refractivity contribution < 1.29 is 18.0 Å². The van der Waals surface area contributed by atoms with Crippen LogP contribution in [0.4, 0.5) is 8.78 Å². The molecule has 1 aromatic heterocycles. The minimum atomic E-state index is -0.545. The minimum absolute atomic E-state index is 0.0704. The molecule has 0 fully saturated rings. The average Bonchev–Trinajstić information content (AvgIpc) is 2.86. The van der Waals surface area contributed by atoms with Crippen LogP contribution >= 0.6 is 0 Å². The monoisotopic (exact) mass is 268 g/mol. The second kappa shape index (κ2) is 6.40. The smallest absolute Gasteiger partial charge is 0.174 e. The second-order valence-corrected chi connectivity index (χ2v) is 3.97. The second-order valence-electron chi connectivity index (χ2n) is 3.97. The molecule has 0 saturated heterocycles. The molecule has 0 aliphatic carbocycles. The molecule has 4 nitrogen and oxygen atoms in total. The summed E-state index contributed by atoms with van der Waals surface area (Å²) in [4.78, 5) is 0. The highest BCUT2D eigenvalue weighted by Crippen LogP contribution is 2.26. The predicted octanol–water partition coefficient (Wildman–Crippen LogP) is 2.36. The van der Waals surface area contributed by atoms with Gasteiger partial charge in [0.15, 0.2) is 5.76 Å². The molecule has 2 rings (SSSR count). The van der Waals surface area contributed by atoms with E-state index in [0.717, 1.165) is 18.2 Å². The van der Waals surface area contributed by atoms with Crippen LogP contribution in [0.3, 0.4) is 0 Å². The maximum atomic E-state index is 13.7. The highest BCUT2D eigenvalue weighted by Gasteiger charge is 2.15. The number of halogens is 2. The van der Waals surface area contributed by atoms with Crippen molar-refractivity contribution in [3.63, 3.8) is 0 Å². The topological polar surface area (TPSA) is 47.3 Å². The van der Waals surface area contributed by atoms with Crippen LogP contribution in [0, 0.1) is 11.6 Å². The molecule has 19 heavy (non-hydrogen) atoms. The van der Waals surface area contributed by atoms with E-state index in [1.165, 1.54) is 6.20 Å². The van der Waals surface area contributed by atoms with Gasteiger partial charge in [-0.25, -0.2) is 8.78 Å². The Balaban J connectivity index is 2.16. The van der Waals surface area contributed by atoms with Crippen molar-refractivity contribution in [3.05, 3.63) is 41.6 Å². The number of hydrogen-bond donors (Lipinski definition) is 1. The largest absolute Gasteiger partial charge is 0.383 e. The van der Waals surface area contributed by atoms with Crippen molar-refractivity contribution in [3.8, 4) is 11.3 Å². The third-order valence-corrected chi connectivity index (χ3v) is 2.62. The van der Waals surface area contributed by atoms with E-state index in [9.17, 15) is 8.78 Å². The Bertz CT molecular complexity index is 543. The molecular formula is C13H14F2N2O2. The molecular weight excluding hydrogens is 254 g/mol. The average molecular weight is 268 g/mol. The van der Waals surface area contributed by atoms with Crippen LogP contribution in [-0.4, -0.2) is 25.4 Å².